The maximum atomic E-state index is 6.89. The van der Waals surface area contributed by atoms with Crippen molar-refractivity contribution in [3.8, 4) is 17.3 Å². The molecule has 0 bridgehead atoms. The van der Waals surface area contributed by atoms with E-state index >= 15 is 0 Å². The number of fused-ring (bicyclic) bond motifs is 3. The van der Waals surface area contributed by atoms with Gasteiger partial charge in [-0.25, -0.2) is 4.98 Å². The van der Waals surface area contributed by atoms with Crippen molar-refractivity contribution in [2.45, 2.75) is 124 Å². The molecule has 5 nitrogen and oxygen atoms in total. The maximum absolute atomic E-state index is 6.89. The first kappa shape index (κ1) is 45.9. The number of benzene rings is 5. The number of aromatic nitrogens is 2. The Bertz CT molecular complexity index is 2790. The van der Waals surface area contributed by atoms with Crippen molar-refractivity contribution in [1.29, 1.82) is 0 Å². The zero-order valence-electron chi connectivity index (χ0n) is 39.6. The van der Waals surface area contributed by atoms with Gasteiger partial charge in [0.1, 0.15) is 5.82 Å². The molecule has 1 aliphatic heterocycles. The van der Waals surface area contributed by atoms with Gasteiger partial charge >= 0.3 is 0 Å². The van der Waals surface area contributed by atoms with E-state index in [1.807, 2.05) is 12.3 Å². The second-order valence-corrected chi connectivity index (χ2v) is 21.7. The molecule has 63 heavy (non-hydrogen) atoms. The summed E-state index contributed by atoms with van der Waals surface area (Å²) < 4.78 is 9.10. The zero-order chi connectivity index (χ0) is 44.6. The third kappa shape index (κ3) is 9.14. The number of hydrogen-bond acceptors (Lipinski definition) is 4. The summed E-state index contributed by atoms with van der Waals surface area (Å²) in [6, 6.07) is 46.7. The molecular formula is C57H63N4OPt-3. The number of hydrogen-bond donors (Lipinski definition) is 0. The van der Waals surface area contributed by atoms with E-state index in [2.05, 4.69) is 239 Å². The van der Waals surface area contributed by atoms with Crippen molar-refractivity contribution < 1.29 is 25.8 Å². The molecule has 1 aliphatic rings. The van der Waals surface area contributed by atoms with Gasteiger partial charge in [0.15, 0.2) is 0 Å². The van der Waals surface area contributed by atoms with Crippen molar-refractivity contribution >= 4 is 33.2 Å². The minimum Gasteiger partial charge on any atom is -0.509 e. The van der Waals surface area contributed by atoms with Gasteiger partial charge in [-0.1, -0.05) is 157 Å². The van der Waals surface area contributed by atoms with Gasteiger partial charge < -0.3 is 19.1 Å². The molecule has 2 aromatic heterocycles. The van der Waals surface area contributed by atoms with Gasteiger partial charge in [-0.3, -0.25) is 0 Å². The predicted octanol–water partition coefficient (Wildman–Crippen LogP) is 15.0. The van der Waals surface area contributed by atoms with Crippen LogP contribution in [-0.4, -0.2) is 9.55 Å². The molecule has 0 atom stereocenters. The van der Waals surface area contributed by atoms with Crippen LogP contribution < -0.4 is 14.5 Å². The van der Waals surface area contributed by atoms with Crippen LogP contribution in [0.5, 0.6) is 11.5 Å². The Morgan fingerprint density at radius 1 is 0.540 bits per heavy atom. The molecular weight excluding hydrogens is 952 g/mol. The summed E-state index contributed by atoms with van der Waals surface area (Å²) in [6.45, 7) is 34.1. The van der Waals surface area contributed by atoms with Crippen LogP contribution in [0.15, 0.2) is 127 Å². The molecule has 6 heteroatoms. The van der Waals surface area contributed by atoms with Crippen molar-refractivity contribution in [3.05, 3.63) is 174 Å². The SMILES string of the molecule is CC(C)(C)c1cc(Oc2[c-]c3c(cc2)c2ccccc2n3-c2cc(C(C)(C)C)ccn2)[c-]c(N2[CH-]N(c3cc(C(C)(C)C)cc(C(C)(C)C)c3)C=C2C(C)(C)c2ccccc2)c1.[Pt]. The van der Waals surface area contributed by atoms with E-state index in [9.17, 15) is 0 Å². The van der Waals surface area contributed by atoms with Gasteiger partial charge in [0.05, 0.1) is 0 Å². The van der Waals surface area contributed by atoms with E-state index < -0.39 is 0 Å². The predicted molar refractivity (Wildman–Crippen MR) is 261 cm³/mol. The molecule has 5 aromatic carbocycles. The number of nitrogens with zero attached hydrogens (tertiary/aromatic N) is 4. The van der Waals surface area contributed by atoms with Crippen LogP contribution in [0, 0.1) is 18.8 Å². The summed E-state index contributed by atoms with van der Waals surface area (Å²) in [6.07, 6.45) is 4.22. The van der Waals surface area contributed by atoms with Crippen LogP contribution in [0.1, 0.15) is 125 Å². The summed E-state index contributed by atoms with van der Waals surface area (Å²) in [4.78, 5) is 9.50. The molecule has 0 radical (unpaired) electrons. The first-order valence-electron chi connectivity index (χ1n) is 22.0. The molecule has 0 amide bonds. The Morgan fingerprint density at radius 3 is 1.78 bits per heavy atom. The molecule has 0 aliphatic carbocycles. The van der Waals surface area contributed by atoms with E-state index in [-0.39, 0.29) is 48.1 Å². The van der Waals surface area contributed by atoms with E-state index in [0.717, 1.165) is 50.3 Å². The fourth-order valence-corrected chi connectivity index (χ4v) is 8.28. The molecule has 0 N–H and O–H groups in total. The molecule has 0 saturated heterocycles. The number of ether oxygens (including phenoxy) is 1. The number of anilines is 2. The standard InChI is InChI=1S/C57H63N4O.Pt/c1-53(2,3)39-26-27-58-52(33-39)61-49-23-19-18-22-47(49)48-25-24-45(35-50(48)61)62-46-32-42(56(10,11)12)31-44(34-46)60-37-59(36-51(60)57(13,14)38-20-16-15-17-21-38)43-29-40(54(4,5)6)28-41(30-43)55(7,8)9;/h15-33,36-37H,1-14H3;/q-3;. The third-order valence-electron chi connectivity index (χ3n) is 12.4. The van der Waals surface area contributed by atoms with Gasteiger partial charge in [0.25, 0.3) is 0 Å². The summed E-state index contributed by atoms with van der Waals surface area (Å²) in [7, 11) is 0. The van der Waals surface area contributed by atoms with E-state index in [1.54, 1.807) is 0 Å². The topological polar surface area (TPSA) is 33.5 Å². The molecule has 0 fully saturated rings. The Labute approximate surface area is 391 Å². The molecule has 8 rings (SSSR count). The Kier molecular flexibility index (Phi) is 12.0. The van der Waals surface area contributed by atoms with E-state index in [0.29, 0.717) is 11.5 Å². The fourth-order valence-electron chi connectivity index (χ4n) is 8.28. The number of rotatable bonds is 7. The number of allylic oxidation sites excluding steroid dienone is 1. The van der Waals surface area contributed by atoms with Crippen molar-refractivity contribution in [3.63, 3.8) is 0 Å². The number of para-hydroxylation sites is 1. The average molecular weight is 1020 g/mol. The van der Waals surface area contributed by atoms with Crippen LogP contribution in [0.2, 0.25) is 0 Å². The smallest absolute Gasteiger partial charge is 0.135 e. The first-order chi connectivity index (χ1) is 29.0. The summed E-state index contributed by atoms with van der Waals surface area (Å²) in [5, 5.41) is 2.24. The Hall–Kier alpha value is -5.12. The van der Waals surface area contributed by atoms with Gasteiger partial charge in [-0.05, 0) is 85.8 Å². The summed E-state index contributed by atoms with van der Waals surface area (Å²) in [5.41, 5.74) is 10.8. The third-order valence-corrected chi connectivity index (χ3v) is 12.4. The van der Waals surface area contributed by atoms with Gasteiger partial charge in [0.2, 0.25) is 0 Å². The fraction of sp³-hybridized carbons (Fsp3) is 0.333. The first-order valence-corrected chi connectivity index (χ1v) is 22.0. The van der Waals surface area contributed by atoms with Crippen LogP contribution in [0.4, 0.5) is 11.4 Å². The molecule has 0 spiro atoms. The quantitative estimate of drug-likeness (QED) is 0.149. The van der Waals surface area contributed by atoms with Crippen LogP contribution in [0.25, 0.3) is 27.6 Å². The average Bonchev–Trinajstić information content (AvgIpc) is 3.81. The van der Waals surface area contributed by atoms with Gasteiger partial charge in [-0.2, -0.15) is 6.07 Å². The van der Waals surface area contributed by atoms with Crippen LogP contribution in [0.3, 0.4) is 0 Å². The molecule has 7 aromatic rings. The molecule has 0 saturated carbocycles. The minimum atomic E-state index is -0.363. The molecule has 0 unspecified atom stereocenters. The molecule has 3 heterocycles. The largest absolute Gasteiger partial charge is 0.509 e. The Balaban J connectivity index is 0.00000595. The van der Waals surface area contributed by atoms with Crippen LogP contribution in [-0.2, 0) is 48.1 Å². The van der Waals surface area contributed by atoms with Crippen molar-refractivity contribution in [1.82, 2.24) is 9.55 Å². The minimum absolute atomic E-state index is 0. The van der Waals surface area contributed by atoms with E-state index in [1.165, 1.54) is 22.3 Å². The van der Waals surface area contributed by atoms with Crippen molar-refractivity contribution in [2.75, 3.05) is 9.80 Å². The van der Waals surface area contributed by atoms with Crippen LogP contribution >= 0.6 is 0 Å². The van der Waals surface area contributed by atoms with Gasteiger partial charge in [0, 0.05) is 61.1 Å². The van der Waals surface area contributed by atoms with E-state index in [4.69, 9.17) is 9.72 Å². The molecule has 330 valence electrons. The zero-order valence-corrected chi connectivity index (χ0v) is 41.9. The van der Waals surface area contributed by atoms with Gasteiger partial charge in [-0.15, -0.1) is 53.6 Å². The Morgan fingerprint density at radius 2 is 1.14 bits per heavy atom. The second-order valence-electron chi connectivity index (χ2n) is 21.7. The monoisotopic (exact) mass is 1010 g/mol. The number of pyridine rings is 1. The second kappa shape index (κ2) is 16.5. The summed E-state index contributed by atoms with van der Waals surface area (Å²) >= 11 is 0. The summed E-state index contributed by atoms with van der Waals surface area (Å²) in [5.74, 6) is 2.10. The maximum Gasteiger partial charge on any atom is 0.135 e. The normalized spacial score (nSPS) is 14.0. The van der Waals surface area contributed by atoms with Crippen molar-refractivity contribution in [2.24, 2.45) is 0 Å².